The van der Waals surface area contributed by atoms with E-state index in [-0.39, 0.29) is 18.4 Å². The Hall–Kier alpha value is -3.35. The van der Waals surface area contributed by atoms with Gasteiger partial charge in [-0.15, -0.1) is 0 Å². The second kappa shape index (κ2) is 9.38. The molecule has 0 unspecified atom stereocenters. The maximum atomic E-state index is 12.6. The first-order valence-electron chi connectivity index (χ1n) is 8.44. The molecule has 0 spiro atoms. The van der Waals surface area contributed by atoms with Gasteiger partial charge in [0.1, 0.15) is 5.75 Å². The van der Waals surface area contributed by atoms with Gasteiger partial charge >= 0.3 is 5.97 Å². The van der Waals surface area contributed by atoms with Crippen LogP contribution >= 0.6 is 0 Å². The second-order valence-electron chi connectivity index (χ2n) is 5.78. The van der Waals surface area contributed by atoms with E-state index in [1.165, 1.54) is 13.2 Å². The van der Waals surface area contributed by atoms with Crippen LogP contribution < -0.4 is 15.4 Å². The van der Waals surface area contributed by atoms with E-state index >= 15 is 0 Å². The number of anilines is 2. The van der Waals surface area contributed by atoms with Crippen LogP contribution in [-0.4, -0.2) is 31.5 Å². The average molecular weight is 370 g/mol. The molecule has 2 amide bonds. The van der Waals surface area contributed by atoms with Gasteiger partial charge in [0.15, 0.2) is 6.61 Å². The first-order chi connectivity index (χ1) is 12.9. The molecule has 142 valence electrons. The smallest absolute Gasteiger partial charge is 0.343 e. The van der Waals surface area contributed by atoms with E-state index in [1.54, 1.807) is 37.3 Å². The number of esters is 1. The summed E-state index contributed by atoms with van der Waals surface area (Å²) in [4.78, 5) is 35.3. The lowest BCUT2D eigenvalue weighted by Gasteiger charge is -2.12. The Kier molecular flexibility index (Phi) is 6.93. The van der Waals surface area contributed by atoms with Crippen molar-refractivity contribution in [2.24, 2.45) is 0 Å². The third kappa shape index (κ3) is 5.85. The lowest BCUT2D eigenvalue weighted by atomic mass is 10.1. The number of ether oxygens (including phenoxy) is 2. The van der Waals surface area contributed by atoms with E-state index in [9.17, 15) is 14.4 Å². The fourth-order valence-electron chi connectivity index (χ4n) is 2.21. The van der Waals surface area contributed by atoms with Gasteiger partial charge in [-0.25, -0.2) is 4.79 Å². The molecule has 7 heteroatoms. The zero-order valence-corrected chi connectivity index (χ0v) is 15.5. The van der Waals surface area contributed by atoms with Crippen LogP contribution in [0.15, 0.2) is 42.5 Å². The minimum atomic E-state index is -0.508. The van der Waals surface area contributed by atoms with Crippen molar-refractivity contribution in [1.29, 1.82) is 0 Å². The van der Waals surface area contributed by atoms with Gasteiger partial charge in [0, 0.05) is 23.4 Å². The fraction of sp³-hybridized carbons (Fsp3) is 0.250. The molecule has 0 fully saturated rings. The summed E-state index contributed by atoms with van der Waals surface area (Å²) in [6, 6.07) is 11.8. The van der Waals surface area contributed by atoms with Crippen LogP contribution in [0.5, 0.6) is 5.75 Å². The molecule has 0 aliphatic carbocycles. The van der Waals surface area contributed by atoms with E-state index in [0.29, 0.717) is 29.1 Å². The molecule has 0 bridgehead atoms. The molecule has 27 heavy (non-hydrogen) atoms. The highest BCUT2D eigenvalue weighted by atomic mass is 16.6. The zero-order valence-electron chi connectivity index (χ0n) is 15.5. The summed E-state index contributed by atoms with van der Waals surface area (Å²) in [7, 11) is 1.27. The van der Waals surface area contributed by atoms with Crippen LogP contribution in [0, 0.1) is 6.92 Å². The number of amides is 2. The van der Waals surface area contributed by atoms with Gasteiger partial charge in [0.05, 0.1) is 7.11 Å². The predicted molar refractivity (Wildman–Crippen MR) is 102 cm³/mol. The molecule has 0 radical (unpaired) electrons. The summed E-state index contributed by atoms with van der Waals surface area (Å²) in [6.45, 7) is 3.39. The number of carbonyl (C=O) groups excluding carboxylic acids is 3. The van der Waals surface area contributed by atoms with Crippen LogP contribution in [0.2, 0.25) is 0 Å². The molecule has 2 rings (SSSR count). The van der Waals surface area contributed by atoms with Crippen molar-refractivity contribution in [3.63, 3.8) is 0 Å². The quantitative estimate of drug-likeness (QED) is 0.730. The highest BCUT2D eigenvalue weighted by Gasteiger charge is 2.11. The van der Waals surface area contributed by atoms with Gasteiger partial charge < -0.3 is 20.1 Å². The summed E-state index contributed by atoms with van der Waals surface area (Å²) in [5.74, 6) is -0.563. The minimum absolute atomic E-state index is 0.105. The van der Waals surface area contributed by atoms with Crippen molar-refractivity contribution in [3.05, 3.63) is 53.6 Å². The molecule has 0 saturated heterocycles. The molecule has 0 aromatic heterocycles. The molecule has 0 saturated carbocycles. The molecular weight excluding hydrogens is 348 g/mol. The molecule has 0 aliphatic rings. The van der Waals surface area contributed by atoms with Crippen LogP contribution in [0.4, 0.5) is 11.4 Å². The first kappa shape index (κ1) is 20.0. The lowest BCUT2D eigenvalue weighted by molar-refractivity contribution is -0.142. The average Bonchev–Trinajstić information content (AvgIpc) is 2.68. The largest absolute Gasteiger partial charge is 0.482 e. The Labute approximate surface area is 157 Å². The van der Waals surface area contributed by atoms with Gasteiger partial charge in [-0.2, -0.15) is 0 Å². The first-order valence-corrected chi connectivity index (χ1v) is 8.44. The Morgan fingerprint density at radius 3 is 2.52 bits per heavy atom. The third-order valence-corrected chi connectivity index (χ3v) is 3.77. The normalized spacial score (nSPS) is 10.0. The summed E-state index contributed by atoms with van der Waals surface area (Å²) in [5, 5.41) is 5.58. The molecule has 7 nitrogen and oxygen atoms in total. The van der Waals surface area contributed by atoms with Crippen molar-refractivity contribution in [2.45, 2.75) is 20.3 Å². The number of hydrogen-bond acceptors (Lipinski definition) is 5. The van der Waals surface area contributed by atoms with Crippen molar-refractivity contribution < 1.29 is 23.9 Å². The van der Waals surface area contributed by atoms with E-state index < -0.39 is 5.97 Å². The molecule has 0 aliphatic heterocycles. The van der Waals surface area contributed by atoms with Gasteiger partial charge in [0.2, 0.25) is 5.91 Å². The molecule has 2 N–H and O–H groups in total. The van der Waals surface area contributed by atoms with E-state index in [2.05, 4.69) is 15.4 Å². The number of carbonyl (C=O) groups is 3. The summed E-state index contributed by atoms with van der Waals surface area (Å²) in [5.41, 5.74) is 2.43. The number of benzene rings is 2. The molecular formula is C20H22N2O5. The van der Waals surface area contributed by atoms with Crippen LogP contribution in [0.25, 0.3) is 0 Å². The Morgan fingerprint density at radius 2 is 1.81 bits per heavy atom. The Balaban J connectivity index is 2.11. The predicted octanol–water partition coefficient (Wildman–Crippen LogP) is 3.15. The SMILES string of the molecule is CCC(=O)Nc1ccc(C)c(NC(=O)c2cccc(OCC(=O)OC)c2)c1. The number of methoxy groups -OCH3 is 1. The topological polar surface area (TPSA) is 93.7 Å². The van der Waals surface area contributed by atoms with Crippen molar-refractivity contribution in [3.8, 4) is 5.75 Å². The van der Waals surface area contributed by atoms with Crippen molar-refractivity contribution in [1.82, 2.24) is 0 Å². The number of aryl methyl sites for hydroxylation is 1. The maximum absolute atomic E-state index is 12.6. The van der Waals surface area contributed by atoms with Gasteiger partial charge in [-0.05, 0) is 42.8 Å². The summed E-state index contributed by atoms with van der Waals surface area (Å²) in [6.07, 6.45) is 0.369. The van der Waals surface area contributed by atoms with Gasteiger partial charge in [0.25, 0.3) is 5.91 Å². The van der Waals surface area contributed by atoms with Crippen LogP contribution in [0.1, 0.15) is 29.3 Å². The van der Waals surface area contributed by atoms with E-state index in [4.69, 9.17) is 4.74 Å². The minimum Gasteiger partial charge on any atom is -0.482 e. The molecule has 2 aromatic rings. The van der Waals surface area contributed by atoms with Gasteiger partial charge in [-0.3, -0.25) is 9.59 Å². The standard InChI is InChI=1S/C20H22N2O5/c1-4-18(23)21-15-9-8-13(2)17(11-15)22-20(25)14-6-5-7-16(10-14)27-12-19(24)26-3/h5-11H,4,12H2,1-3H3,(H,21,23)(H,22,25). The van der Waals surface area contributed by atoms with Crippen LogP contribution in [-0.2, 0) is 14.3 Å². The summed E-state index contributed by atoms with van der Waals surface area (Å²) >= 11 is 0. The maximum Gasteiger partial charge on any atom is 0.343 e. The molecule has 2 aromatic carbocycles. The Morgan fingerprint density at radius 1 is 1.04 bits per heavy atom. The van der Waals surface area contributed by atoms with Crippen LogP contribution in [0.3, 0.4) is 0 Å². The van der Waals surface area contributed by atoms with Crippen molar-refractivity contribution in [2.75, 3.05) is 24.4 Å². The number of hydrogen-bond donors (Lipinski definition) is 2. The zero-order chi connectivity index (χ0) is 19.8. The highest BCUT2D eigenvalue weighted by Crippen LogP contribution is 2.22. The van der Waals surface area contributed by atoms with E-state index in [1.807, 2.05) is 13.0 Å². The lowest BCUT2D eigenvalue weighted by Crippen LogP contribution is -2.15. The highest BCUT2D eigenvalue weighted by molar-refractivity contribution is 6.05. The molecule has 0 heterocycles. The summed E-state index contributed by atoms with van der Waals surface area (Å²) < 4.78 is 9.81. The number of rotatable bonds is 7. The monoisotopic (exact) mass is 370 g/mol. The van der Waals surface area contributed by atoms with E-state index in [0.717, 1.165) is 5.56 Å². The third-order valence-electron chi connectivity index (χ3n) is 3.77. The number of nitrogens with one attached hydrogen (secondary N) is 2. The molecule has 0 atom stereocenters. The Bertz CT molecular complexity index is 848. The second-order valence-corrected chi connectivity index (χ2v) is 5.78. The van der Waals surface area contributed by atoms with Crippen molar-refractivity contribution >= 4 is 29.2 Å². The van der Waals surface area contributed by atoms with Gasteiger partial charge in [-0.1, -0.05) is 19.1 Å². The fourth-order valence-corrected chi connectivity index (χ4v) is 2.21.